The van der Waals surface area contributed by atoms with Crippen LogP contribution in [0, 0.1) is 0 Å². The zero-order valence-corrected chi connectivity index (χ0v) is 49.6. The Morgan fingerprint density at radius 3 is 1.12 bits per heavy atom. The predicted octanol–water partition coefficient (Wildman–Crippen LogP) is 18.5. The van der Waals surface area contributed by atoms with Gasteiger partial charge in [-0.15, -0.1) is 0 Å². The summed E-state index contributed by atoms with van der Waals surface area (Å²) in [5.74, 6) is -1.53. The number of allylic oxidation sites excluding steroid dienone is 12. The molecular weight excluding hydrogens is 976 g/mol. The molecule has 0 aromatic heterocycles. The number of aliphatic hydroxyl groups is 1. The van der Waals surface area contributed by atoms with Crippen LogP contribution >= 0.6 is 7.82 Å². The summed E-state index contributed by atoms with van der Waals surface area (Å²) in [7, 11) is -4.76. The number of phosphoric acid groups is 1. The first-order chi connectivity index (χ1) is 37.2. The van der Waals surface area contributed by atoms with Gasteiger partial charge < -0.3 is 24.2 Å². The van der Waals surface area contributed by atoms with Crippen LogP contribution in [-0.2, 0) is 42.2 Å². The molecule has 11 nitrogen and oxygen atoms in total. The van der Waals surface area contributed by atoms with E-state index >= 15 is 0 Å². The second-order valence-electron chi connectivity index (χ2n) is 20.5. The van der Waals surface area contributed by atoms with Gasteiger partial charge in [0.2, 0.25) is 0 Å². The van der Waals surface area contributed by atoms with Crippen molar-refractivity contribution in [3.63, 3.8) is 0 Å². The van der Waals surface area contributed by atoms with E-state index in [1.807, 2.05) is 6.08 Å². The second-order valence-corrected chi connectivity index (χ2v) is 21.9. The number of hydrogen-bond acceptors (Lipinski definition) is 10. The normalized spacial score (nSPS) is 13.8. The van der Waals surface area contributed by atoms with Crippen molar-refractivity contribution in [2.24, 2.45) is 0 Å². The zero-order valence-electron chi connectivity index (χ0n) is 48.7. The summed E-state index contributed by atoms with van der Waals surface area (Å²) < 4.78 is 39.5. The fourth-order valence-corrected chi connectivity index (χ4v) is 9.23. The van der Waals surface area contributed by atoms with E-state index in [-0.39, 0.29) is 25.9 Å². The van der Waals surface area contributed by atoms with Gasteiger partial charge in [0.15, 0.2) is 6.10 Å². The lowest BCUT2D eigenvalue weighted by molar-refractivity contribution is -0.161. The highest BCUT2D eigenvalue weighted by atomic mass is 31.2. The van der Waals surface area contributed by atoms with E-state index in [0.29, 0.717) is 25.7 Å². The summed E-state index contributed by atoms with van der Waals surface area (Å²) >= 11 is 0. The van der Waals surface area contributed by atoms with Crippen molar-refractivity contribution >= 4 is 25.7 Å². The minimum Gasteiger partial charge on any atom is -0.462 e. The van der Waals surface area contributed by atoms with Crippen molar-refractivity contribution in [2.75, 3.05) is 26.4 Å². The van der Waals surface area contributed by atoms with Gasteiger partial charge in [0.25, 0.3) is 0 Å². The SMILES string of the molecule is CC/C=C\C/C=C\C/C=C\C/C=C\C/C=C\CCCC(=O)OC(COC(=O)CCCCCCCCCCC/C=C\CCCCCCCC)COP(=O)(O)OCC(CO)OC(=O)CCCCCCCCCCCCCCC. The van der Waals surface area contributed by atoms with Gasteiger partial charge >= 0.3 is 25.7 Å². The fourth-order valence-electron chi connectivity index (χ4n) is 8.45. The number of esters is 3. The van der Waals surface area contributed by atoms with Crippen LogP contribution in [0.15, 0.2) is 72.9 Å². The molecule has 0 saturated heterocycles. The minimum absolute atomic E-state index is 0.0889. The van der Waals surface area contributed by atoms with Gasteiger partial charge in [-0.1, -0.05) is 248 Å². The van der Waals surface area contributed by atoms with Crippen LogP contribution in [0.25, 0.3) is 0 Å². The molecule has 3 atom stereocenters. The third-order valence-corrected chi connectivity index (χ3v) is 14.1. The van der Waals surface area contributed by atoms with E-state index < -0.39 is 57.8 Å². The van der Waals surface area contributed by atoms with Crippen molar-refractivity contribution in [3.05, 3.63) is 72.9 Å². The van der Waals surface area contributed by atoms with Crippen LogP contribution in [0.5, 0.6) is 0 Å². The lowest BCUT2D eigenvalue weighted by Gasteiger charge is -2.21. The van der Waals surface area contributed by atoms with Gasteiger partial charge in [-0.25, -0.2) is 4.57 Å². The maximum Gasteiger partial charge on any atom is 0.472 e. The highest BCUT2D eigenvalue weighted by Crippen LogP contribution is 2.43. The molecule has 0 rings (SSSR count). The Bertz CT molecular complexity index is 1550. The number of rotatable bonds is 57. The summed E-state index contributed by atoms with van der Waals surface area (Å²) in [6, 6.07) is 0. The first-order valence-electron chi connectivity index (χ1n) is 30.8. The number of phosphoric ester groups is 1. The maximum absolute atomic E-state index is 12.9. The Morgan fingerprint density at radius 1 is 0.382 bits per heavy atom. The Labute approximate surface area is 465 Å². The molecule has 0 radical (unpaired) electrons. The molecule has 2 N–H and O–H groups in total. The molecule has 0 heterocycles. The minimum atomic E-state index is -4.76. The van der Waals surface area contributed by atoms with Gasteiger partial charge in [0.05, 0.1) is 19.8 Å². The van der Waals surface area contributed by atoms with E-state index in [1.54, 1.807) is 0 Å². The van der Waals surface area contributed by atoms with Crippen LogP contribution < -0.4 is 0 Å². The standard InChI is InChI=1S/C64H113O11P/c1-4-7-10-13-16-19-22-25-27-29-30-32-33-36-38-41-44-47-50-53-62(66)71-57-61(75-64(68)55-52-49-46-43-40-37-34-31-28-26-23-20-17-14-11-8-5-2)59-73-76(69,70)72-58-60(56-65)74-63(67)54-51-48-45-42-39-35-24-21-18-15-12-9-6-3/h8,11,17,20,25-28,34,37,43,46,60-61,65H,4-7,9-10,12-16,18-19,21-24,29-33,35-36,38-42,44-45,47-59H2,1-3H3,(H,69,70)/b11-8-,20-17-,27-25-,28-26-,37-34-,46-43-. The van der Waals surface area contributed by atoms with Crippen molar-refractivity contribution in [3.8, 4) is 0 Å². The van der Waals surface area contributed by atoms with Gasteiger partial charge in [0, 0.05) is 19.3 Å². The number of hydrogen-bond donors (Lipinski definition) is 2. The lowest BCUT2D eigenvalue weighted by atomic mass is 10.0. The molecule has 0 aliphatic heterocycles. The third-order valence-electron chi connectivity index (χ3n) is 13.1. The molecule has 0 fully saturated rings. The molecule has 0 amide bonds. The fraction of sp³-hybridized carbons (Fsp3) is 0.766. The molecule has 440 valence electrons. The topological polar surface area (TPSA) is 155 Å². The summed E-state index contributed by atoms with van der Waals surface area (Å²) in [5.41, 5.74) is 0. The van der Waals surface area contributed by atoms with Crippen LogP contribution in [0.1, 0.15) is 278 Å². The lowest BCUT2D eigenvalue weighted by Crippen LogP contribution is -2.30. The smallest absolute Gasteiger partial charge is 0.462 e. The number of carbonyl (C=O) groups is 3. The van der Waals surface area contributed by atoms with Crippen LogP contribution in [0.3, 0.4) is 0 Å². The van der Waals surface area contributed by atoms with Crippen LogP contribution in [0.4, 0.5) is 0 Å². The van der Waals surface area contributed by atoms with E-state index in [0.717, 1.165) is 70.6 Å². The molecule has 0 aromatic rings. The van der Waals surface area contributed by atoms with Crippen LogP contribution in [-0.4, -0.2) is 66.5 Å². The molecule has 0 aliphatic rings. The summed E-state index contributed by atoms with van der Waals surface area (Å²) in [6.07, 6.45) is 65.8. The third kappa shape index (κ3) is 55.7. The molecule has 0 spiro atoms. The highest BCUT2D eigenvalue weighted by Gasteiger charge is 2.28. The Morgan fingerprint density at radius 2 is 0.697 bits per heavy atom. The van der Waals surface area contributed by atoms with Gasteiger partial charge in [-0.2, -0.15) is 0 Å². The number of aliphatic hydroxyl groups excluding tert-OH is 1. The van der Waals surface area contributed by atoms with E-state index in [2.05, 4.69) is 87.6 Å². The van der Waals surface area contributed by atoms with Crippen LogP contribution in [0.2, 0.25) is 0 Å². The molecular formula is C64H113O11P. The van der Waals surface area contributed by atoms with E-state index in [4.69, 9.17) is 23.3 Å². The van der Waals surface area contributed by atoms with Crippen molar-refractivity contribution in [2.45, 2.75) is 290 Å². The molecule has 76 heavy (non-hydrogen) atoms. The molecule has 0 aromatic carbocycles. The second kappa shape index (κ2) is 58.1. The Balaban J connectivity index is 4.77. The van der Waals surface area contributed by atoms with Gasteiger partial charge in [0.1, 0.15) is 12.7 Å². The predicted molar refractivity (Wildman–Crippen MR) is 316 cm³/mol. The number of unbranched alkanes of at least 4 members (excludes halogenated alkanes) is 28. The molecule has 0 aliphatic carbocycles. The maximum atomic E-state index is 12.9. The van der Waals surface area contributed by atoms with Gasteiger partial charge in [-0.05, 0) is 83.5 Å². The van der Waals surface area contributed by atoms with E-state index in [9.17, 15) is 28.9 Å². The quantitative estimate of drug-likeness (QED) is 0.0197. The zero-order chi connectivity index (χ0) is 55.5. The van der Waals surface area contributed by atoms with Crippen molar-refractivity contribution in [1.29, 1.82) is 0 Å². The first-order valence-corrected chi connectivity index (χ1v) is 32.3. The largest absolute Gasteiger partial charge is 0.472 e. The number of carbonyl (C=O) groups excluding carboxylic acids is 3. The Hall–Kier alpha value is -3.08. The van der Waals surface area contributed by atoms with Gasteiger partial charge in [-0.3, -0.25) is 23.4 Å². The average molecular weight is 1090 g/mol. The highest BCUT2D eigenvalue weighted by molar-refractivity contribution is 7.47. The summed E-state index contributed by atoms with van der Waals surface area (Å²) in [6.45, 7) is 4.49. The molecule has 0 saturated carbocycles. The van der Waals surface area contributed by atoms with Crippen molar-refractivity contribution < 1.29 is 52.2 Å². The monoisotopic (exact) mass is 1090 g/mol. The molecule has 3 unspecified atom stereocenters. The first kappa shape index (κ1) is 72.9. The summed E-state index contributed by atoms with van der Waals surface area (Å²) in [4.78, 5) is 48.6. The Kier molecular flexibility index (Phi) is 55.7. The molecule has 0 bridgehead atoms. The van der Waals surface area contributed by atoms with E-state index in [1.165, 1.54) is 141 Å². The molecule has 12 heteroatoms. The summed E-state index contributed by atoms with van der Waals surface area (Å²) in [5, 5.41) is 9.82. The van der Waals surface area contributed by atoms with Crippen molar-refractivity contribution in [1.82, 2.24) is 0 Å². The number of ether oxygens (including phenoxy) is 3. The average Bonchev–Trinajstić information content (AvgIpc) is 3.41.